The van der Waals surface area contributed by atoms with Gasteiger partial charge < -0.3 is 10.3 Å². The Hall–Kier alpha value is -1.83. The Morgan fingerprint density at radius 2 is 2.20 bits per heavy atom. The van der Waals surface area contributed by atoms with Crippen molar-refractivity contribution in [3.05, 3.63) is 49.0 Å². The summed E-state index contributed by atoms with van der Waals surface area (Å²) >= 11 is 6.16. The van der Waals surface area contributed by atoms with E-state index in [2.05, 4.69) is 20.0 Å². The highest BCUT2D eigenvalue weighted by atomic mass is 35.5. The van der Waals surface area contributed by atoms with Gasteiger partial charge >= 0.3 is 0 Å². The van der Waals surface area contributed by atoms with Crippen molar-refractivity contribution in [2.45, 2.75) is 10.0 Å². The van der Waals surface area contributed by atoms with E-state index in [4.69, 9.17) is 11.6 Å². The molecule has 2 aromatic rings. The molecule has 1 unspecified atom stereocenters. The van der Waals surface area contributed by atoms with Crippen LogP contribution in [0.1, 0.15) is 0 Å². The van der Waals surface area contributed by atoms with Crippen molar-refractivity contribution in [3.63, 3.8) is 0 Å². The quantitative estimate of drug-likeness (QED) is 0.591. The molecule has 6 nitrogen and oxygen atoms in total. The summed E-state index contributed by atoms with van der Waals surface area (Å²) in [5.74, 6) is 0. The van der Waals surface area contributed by atoms with Gasteiger partial charge in [0.1, 0.15) is 10.5 Å². The number of aromatic nitrogens is 2. The zero-order chi connectivity index (χ0) is 14.2. The van der Waals surface area contributed by atoms with E-state index in [-0.39, 0.29) is 4.90 Å². The minimum atomic E-state index is -3.80. The van der Waals surface area contributed by atoms with Crippen LogP contribution in [0.4, 0.5) is 0 Å². The maximum Gasteiger partial charge on any atom is 0.245 e. The molecule has 0 fully saturated rings. The minimum absolute atomic E-state index is 0.102. The number of sulfonamides is 1. The van der Waals surface area contributed by atoms with E-state index in [0.29, 0.717) is 11.0 Å². The van der Waals surface area contributed by atoms with Gasteiger partial charge in [-0.25, -0.2) is 13.4 Å². The second-order valence-corrected chi connectivity index (χ2v) is 6.48. The number of fused-ring (bicyclic) bond motifs is 1. The Labute approximate surface area is 120 Å². The number of nitrogens with zero attached hydrogens (tertiary/aromatic N) is 1. The van der Waals surface area contributed by atoms with Gasteiger partial charge in [-0.1, -0.05) is 17.7 Å². The summed E-state index contributed by atoms with van der Waals surface area (Å²) in [4.78, 5) is 6.98. The smallest absolute Gasteiger partial charge is 0.245 e. The summed E-state index contributed by atoms with van der Waals surface area (Å²) in [5, 5.41) is 1.88. The van der Waals surface area contributed by atoms with E-state index in [1.54, 1.807) is 36.7 Å². The summed E-state index contributed by atoms with van der Waals surface area (Å²) in [5.41, 5.74) is 0.503. The molecular formula is C12H11ClN4O2S. The molecule has 2 aromatic heterocycles. The molecule has 3 rings (SSSR count). The third-order valence-electron chi connectivity index (χ3n) is 2.81. The Kier molecular flexibility index (Phi) is 3.04. The summed E-state index contributed by atoms with van der Waals surface area (Å²) in [6.07, 6.45) is 9.42. The molecule has 20 heavy (non-hydrogen) atoms. The molecule has 8 heteroatoms. The number of hydrogen-bond acceptors (Lipinski definition) is 4. The normalized spacial score (nSPS) is 22.1. The van der Waals surface area contributed by atoms with Gasteiger partial charge in [-0.05, 0) is 30.5 Å². The number of hydrogen-bond donors (Lipinski definition) is 3. The fourth-order valence-electron chi connectivity index (χ4n) is 1.93. The average molecular weight is 311 g/mol. The number of H-pyrrole nitrogens is 1. The highest BCUT2D eigenvalue weighted by Gasteiger charge is 2.31. The zero-order valence-electron chi connectivity index (χ0n) is 10.2. The molecule has 0 amide bonds. The van der Waals surface area contributed by atoms with Crippen molar-refractivity contribution < 1.29 is 8.42 Å². The van der Waals surface area contributed by atoms with E-state index in [0.717, 1.165) is 0 Å². The number of pyridine rings is 1. The third-order valence-corrected chi connectivity index (χ3v) is 4.76. The van der Waals surface area contributed by atoms with Crippen LogP contribution in [0.15, 0.2) is 53.8 Å². The maximum atomic E-state index is 12.4. The van der Waals surface area contributed by atoms with Gasteiger partial charge in [0.15, 0.2) is 5.12 Å². The lowest BCUT2D eigenvalue weighted by atomic mass is 10.3. The molecule has 0 bridgehead atoms. The largest absolute Gasteiger partial charge is 0.357 e. The van der Waals surface area contributed by atoms with Gasteiger partial charge in [0, 0.05) is 17.8 Å². The first-order chi connectivity index (χ1) is 9.50. The van der Waals surface area contributed by atoms with E-state index >= 15 is 0 Å². The fraction of sp³-hybridized carbons (Fsp3) is 0.0833. The first kappa shape index (κ1) is 13.2. The Morgan fingerprint density at radius 3 is 2.95 bits per heavy atom. The number of dihydropyridines is 1. The van der Waals surface area contributed by atoms with Crippen molar-refractivity contribution in [3.8, 4) is 0 Å². The molecule has 1 atom stereocenters. The molecule has 104 valence electrons. The van der Waals surface area contributed by atoms with Crippen molar-refractivity contribution in [1.29, 1.82) is 0 Å². The summed E-state index contributed by atoms with van der Waals surface area (Å²) in [7, 11) is -3.80. The van der Waals surface area contributed by atoms with E-state index in [1.807, 2.05) is 0 Å². The molecule has 1 aliphatic rings. The van der Waals surface area contributed by atoms with Crippen LogP contribution in [-0.4, -0.2) is 23.5 Å². The predicted molar refractivity (Wildman–Crippen MR) is 76.4 cm³/mol. The molecule has 0 saturated heterocycles. The van der Waals surface area contributed by atoms with E-state index < -0.39 is 15.1 Å². The summed E-state index contributed by atoms with van der Waals surface area (Å²) in [6, 6.07) is 3.35. The van der Waals surface area contributed by atoms with Crippen molar-refractivity contribution in [2.75, 3.05) is 0 Å². The molecule has 0 spiro atoms. The van der Waals surface area contributed by atoms with Gasteiger partial charge in [-0.15, -0.1) is 0 Å². The Balaban J connectivity index is 2.00. The number of allylic oxidation sites excluding steroid dienone is 2. The average Bonchev–Trinajstić information content (AvgIpc) is 2.83. The lowest BCUT2D eigenvalue weighted by Gasteiger charge is -2.26. The van der Waals surface area contributed by atoms with Crippen LogP contribution in [-0.2, 0) is 10.0 Å². The molecular weight excluding hydrogens is 300 g/mol. The van der Waals surface area contributed by atoms with Gasteiger partial charge in [0.05, 0.1) is 0 Å². The van der Waals surface area contributed by atoms with Crippen LogP contribution in [0.5, 0.6) is 0 Å². The monoisotopic (exact) mass is 310 g/mol. The lowest BCUT2D eigenvalue weighted by Crippen LogP contribution is -2.51. The second-order valence-electron chi connectivity index (χ2n) is 4.23. The molecule has 0 saturated carbocycles. The highest BCUT2D eigenvalue weighted by molar-refractivity contribution is 7.89. The fourth-order valence-corrected chi connectivity index (χ4v) is 3.67. The zero-order valence-corrected chi connectivity index (χ0v) is 11.7. The first-order valence-electron chi connectivity index (χ1n) is 5.77. The summed E-state index contributed by atoms with van der Waals surface area (Å²) < 4.78 is 27.3. The van der Waals surface area contributed by atoms with Crippen molar-refractivity contribution in [2.24, 2.45) is 0 Å². The van der Waals surface area contributed by atoms with Gasteiger partial charge in [0.2, 0.25) is 10.0 Å². The van der Waals surface area contributed by atoms with Gasteiger partial charge in [-0.2, -0.15) is 4.72 Å². The Bertz CT molecular complexity index is 812. The van der Waals surface area contributed by atoms with Crippen LogP contribution in [0.2, 0.25) is 0 Å². The lowest BCUT2D eigenvalue weighted by molar-refractivity contribution is 0.536. The predicted octanol–water partition coefficient (Wildman–Crippen LogP) is 1.41. The van der Waals surface area contributed by atoms with Crippen LogP contribution in [0.3, 0.4) is 0 Å². The molecule has 3 N–H and O–H groups in total. The molecule has 1 aliphatic heterocycles. The van der Waals surface area contributed by atoms with Gasteiger partial charge in [-0.3, -0.25) is 0 Å². The van der Waals surface area contributed by atoms with Crippen LogP contribution < -0.4 is 10.0 Å². The maximum absolute atomic E-state index is 12.4. The van der Waals surface area contributed by atoms with Crippen molar-refractivity contribution >= 4 is 32.7 Å². The van der Waals surface area contributed by atoms with Crippen LogP contribution in [0, 0.1) is 0 Å². The van der Waals surface area contributed by atoms with E-state index in [9.17, 15) is 8.42 Å². The topological polar surface area (TPSA) is 86.9 Å². The van der Waals surface area contributed by atoms with Crippen LogP contribution in [0.25, 0.3) is 11.0 Å². The van der Waals surface area contributed by atoms with Gasteiger partial charge in [0.25, 0.3) is 0 Å². The molecule has 0 radical (unpaired) electrons. The molecule has 3 heterocycles. The van der Waals surface area contributed by atoms with Crippen LogP contribution >= 0.6 is 11.6 Å². The highest BCUT2D eigenvalue weighted by Crippen LogP contribution is 2.23. The number of aromatic amines is 1. The van der Waals surface area contributed by atoms with E-state index in [1.165, 1.54) is 12.3 Å². The SMILES string of the molecule is O=S(=O)(NC1(Cl)C=CC=CN1)c1c[nH]c2ncccc12. The number of halogens is 1. The number of alkyl halides is 1. The third kappa shape index (κ3) is 2.31. The minimum Gasteiger partial charge on any atom is -0.357 e. The van der Waals surface area contributed by atoms with Crippen molar-refractivity contribution in [1.82, 2.24) is 20.0 Å². The standard InChI is InChI=1S/C12H11ClN4O2S/c13-12(5-1-2-7-16-12)17-20(18,19)10-8-15-11-9(10)4-3-6-14-11/h1-8,16-17H,(H,14,15). The molecule has 0 aromatic carbocycles. The Morgan fingerprint density at radius 1 is 1.35 bits per heavy atom. The second kappa shape index (κ2) is 4.62. The number of rotatable bonds is 3. The number of nitrogens with one attached hydrogen (secondary N) is 3. The summed E-state index contributed by atoms with van der Waals surface area (Å²) in [6.45, 7) is 0. The molecule has 0 aliphatic carbocycles. The first-order valence-corrected chi connectivity index (χ1v) is 7.63.